The summed E-state index contributed by atoms with van der Waals surface area (Å²) in [7, 11) is 2.23. The molecule has 0 unspecified atom stereocenters. The van der Waals surface area contributed by atoms with E-state index in [0.717, 1.165) is 12.5 Å². The zero-order chi connectivity index (χ0) is 12.6. The molecule has 0 aromatic rings. The van der Waals surface area contributed by atoms with Crippen LogP contribution in [0.15, 0.2) is 0 Å². The second-order valence-electron chi connectivity index (χ2n) is 5.65. The molecule has 0 aliphatic heterocycles. The number of nitrogens with zero attached hydrogens (tertiary/aromatic N) is 1. The van der Waals surface area contributed by atoms with Crippen LogP contribution in [0.4, 0.5) is 0 Å². The monoisotopic (exact) mass is 228 g/mol. The van der Waals surface area contributed by atoms with Crippen molar-refractivity contribution in [1.29, 1.82) is 0 Å². The molecule has 2 heteroatoms. The second-order valence-corrected chi connectivity index (χ2v) is 5.65. The van der Waals surface area contributed by atoms with Gasteiger partial charge in [0.25, 0.3) is 0 Å². The van der Waals surface area contributed by atoms with Crippen molar-refractivity contribution in [1.82, 2.24) is 4.90 Å². The Morgan fingerprint density at radius 1 is 1.12 bits per heavy atom. The van der Waals surface area contributed by atoms with Gasteiger partial charge in [0.05, 0.1) is 0 Å². The smallest absolute Gasteiger partial charge is 0.000134 e. The predicted molar refractivity (Wildman–Crippen MR) is 73.6 cm³/mol. The summed E-state index contributed by atoms with van der Waals surface area (Å²) in [6, 6.07) is 0. The van der Waals surface area contributed by atoms with Crippen LogP contribution < -0.4 is 5.73 Å². The van der Waals surface area contributed by atoms with Gasteiger partial charge in [0.2, 0.25) is 0 Å². The van der Waals surface area contributed by atoms with Crippen molar-refractivity contribution in [2.45, 2.75) is 53.4 Å². The molecule has 2 nitrogen and oxygen atoms in total. The molecular formula is C14H32N2. The molecule has 0 heterocycles. The Balaban J connectivity index is 4.10. The number of rotatable bonds is 9. The maximum Gasteiger partial charge on any atom is 0.000134 e. The molecule has 0 bridgehead atoms. The van der Waals surface area contributed by atoms with Crippen molar-refractivity contribution in [3.63, 3.8) is 0 Å². The van der Waals surface area contributed by atoms with Crippen molar-refractivity contribution >= 4 is 0 Å². The topological polar surface area (TPSA) is 29.3 Å². The number of hydrogen-bond acceptors (Lipinski definition) is 2. The van der Waals surface area contributed by atoms with E-state index in [1.54, 1.807) is 0 Å². The fourth-order valence-electron chi connectivity index (χ4n) is 2.53. The highest BCUT2D eigenvalue weighted by molar-refractivity contribution is 4.78. The summed E-state index contributed by atoms with van der Waals surface area (Å²) in [5, 5.41) is 0. The Morgan fingerprint density at radius 3 is 2.06 bits per heavy atom. The molecule has 0 saturated heterocycles. The van der Waals surface area contributed by atoms with Gasteiger partial charge in [0.1, 0.15) is 0 Å². The van der Waals surface area contributed by atoms with Crippen LogP contribution in [0.2, 0.25) is 0 Å². The van der Waals surface area contributed by atoms with Gasteiger partial charge in [-0.05, 0) is 44.3 Å². The van der Waals surface area contributed by atoms with E-state index < -0.39 is 0 Å². The molecule has 0 saturated carbocycles. The lowest BCUT2D eigenvalue weighted by molar-refractivity contribution is 0.177. The number of hydrogen-bond donors (Lipinski definition) is 1. The van der Waals surface area contributed by atoms with Crippen LogP contribution in [0.1, 0.15) is 53.4 Å². The van der Waals surface area contributed by atoms with E-state index in [1.807, 2.05) is 0 Å². The molecule has 98 valence electrons. The maximum atomic E-state index is 5.74. The lowest BCUT2D eigenvalue weighted by atomic mass is 9.76. The van der Waals surface area contributed by atoms with E-state index in [4.69, 9.17) is 5.73 Å². The average molecular weight is 228 g/mol. The van der Waals surface area contributed by atoms with Crippen LogP contribution >= 0.6 is 0 Å². The first kappa shape index (κ1) is 15.9. The first-order valence-electron chi connectivity index (χ1n) is 6.88. The minimum Gasteiger partial charge on any atom is -0.330 e. The van der Waals surface area contributed by atoms with Gasteiger partial charge in [-0.2, -0.15) is 0 Å². The summed E-state index contributed by atoms with van der Waals surface area (Å²) in [6.07, 6.45) is 4.99. The summed E-state index contributed by atoms with van der Waals surface area (Å²) in [4.78, 5) is 2.46. The lowest BCUT2D eigenvalue weighted by Gasteiger charge is -2.33. The van der Waals surface area contributed by atoms with Gasteiger partial charge in [-0.15, -0.1) is 0 Å². The third kappa shape index (κ3) is 5.86. The van der Waals surface area contributed by atoms with Crippen LogP contribution in [0.25, 0.3) is 0 Å². The van der Waals surface area contributed by atoms with Gasteiger partial charge in [0.15, 0.2) is 0 Å². The van der Waals surface area contributed by atoms with Crippen molar-refractivity contribution in [3.05, 3.63) is 0 Å². The van der Waals surface area contributed by atoms with Crippen molar-refractivity contribution in [2.24, 2.45) is 17.1 Å². The van der Waals surface area contributed by atoms with E-state index in [0.29, 0.717) is 5.41 Å². The molecule has 16 heavy (non-hydrogen) atoms. The van der Waals surface area contributed by atoms with Gasteiger partial charge in [-0.1, -0.05) is 40.5 Å². The zero-order valence-corrected chi connectivity index (χ0v) is 12.1. The van der Waals surface area contributed by atoms with Gasteiger partial charge in [0, 0.05) is 6.54 Å². The molecule has 0 aromatic heterocycles. The highest BCUT2D eigenvalue weighted by atomic mass is 15.1. The van der Waals surface area contributed by atoms with E-state index in [-0.39, 0.29) is 0 Å². The maximum absolute atomic E-state index is 5.74. The highest BCUT2D eigenvalue weighted by Gasteiger charge is 2.25. The molecule has 0 fully saturated rings. The van der Waals surface area contributed by atoms with E-state index in [1.165, 1.54) is 38.8 Å². The molecule has 0 aromatic carbocycles. The summed E-state index contributed by atoms with van der Waals surface area (Å²) in [5.41, 5.74) is 6.23. The second kappa shape index (κ2) is 8.08. The first-order chi connectivity index (χ1) is 7.49. The van der Waals surface area contributed by atoms with Crippen molar-refractivity contribution in [3.8, 4) is 0 Å². The lowest BCUT2D eigenvalue weighted by Crippen LogP contribution is -2.31. The molecular weight excluding hydrogens is 196 g/mol. The SMILES string of the molecule is CCC(CC)(CCN)CCN(C)CC(C)C. The van der Waals surface area contributed by atoms with E-state index in [9.17, 15) is 0 Å². The fourth-order valence-corrected chi connectivity index (χ4v) is 2.53. The van der Waals surface area contributed by atoms with Crippen molar-refractivity contribution in [2.75, 3.05) is 26.7 Å². The normalized spacial score (nSPS) is 12.8. The van der Waals surface area contributed by atoms with Gasteiger partial charge in [-0.3, -0.25) is 0 Å². The standard InChI is InChI=1S/C14H32N2/c1-6-14(7-2,8-10-15)9-11-16(5)12-13(3)4/h13H,6-12,15H2,1-5H3. The highest BCUT2D eigenvalue weighted by Crippen LogP contribution is 2.34. The van der Waals surface area contributed by atoms with Crippen molar-refractivity contribution < 1.29 is 0 Å². The number of nitrogens with two attached hydrogens (primary N) is 1. The minimum atomic E-state index is 0.486. The Kier molecular flexibility index (Phi) is 8.04. The Labute approximate surface area is 103 Å². The van der Waals surface area contributed by atoms with Crippen LogP contribution in [-0.2, 0) is 0 Å². The van der Waals surface area contributed by atoms with Crippen LogP contribution in [0, 0.1) is 11.3 Å². The quantitative estimate of drug-likeness (QED) is 0.657. The third-order valence-corrected chi connectivity index (χ3v) is 3.88. The van der Waals surface area contributed by atoms with Crippen LogP contribution in [0.3, 0.4) is 0 Å². The first-order valence-corrected chi connectivity index (χ1v) is 6.88. The Morgan fingerprint density at radius 2 is 1.69 bits per heavy atom. The van der Waals surface area contributed by atoms with Gasteiger partial charge < -0.3 is 10.6 Å². The van der Waals surface area contributed by atoms with Crippen LogP contribution in [0.5, 0.6) is 0 Å². The molecule has 0 spiro atoms. The molecule has 0 aliphatic carbocycles. The van der Waals surface area contributed by atoms with E-state index in [2.05, 4.69) is 39.6 Å². The largest absolute Gasteiger partial charge is 0.330 e. The zero-order valence-electron chi connectivity index (χ0n) is 12.1. The molecule has 0 amide bonds. The predicted octanol–water partition coefficient (Wildman–Crippen LogP) is 3.12. The Hall–Kier alpha value is -0.0800. The summed E-state index contributed by atoms with van der Waals surface area (Å²) in [5.74, 6) is 0.761. The van der Waals surface area contributed by atoms with Gasteiger partial charge >= 0.3 is 0 Å². The summed E-state index contributed by atoms with van der Waals surface area (Å²) >= 11 is 0. The van der Waals surface area contributed by atoms with Crippen LogP contribution in [-0.4, -0.2) is 31.6 Å². The molecule has 0 radical (unpaired) electrons. The molecule has 0 atom stereocenters. The van der Waals surface area contributed by atoms with E-state index >= 15 is 0 Å². The molecule has 2 N–H and O–H groups in total. The summed E-state index contributed by atoms with van der Waals surface area (Å²) < 4.78 is 0. The average Bonchev–Trinajstić information content (AvgIpc) is 2.23. The third-order valence-electron chi connectivity index (χ3n) is 3.88. The molecule has 0 rings (SSSR count). The molecule has 0 aliphatic rings. The minimum absolute atomic E-state index is 0.486. The Bertz CT molecular complexity index is 162. The summed E-state index contributed by atoms with van der Waals surface area (Å²) in [6.45, 7) is 12.4. The fraction of sp³-hybridized carbons (Fsp3) is 1.00. The van der Waals surface area contributed by atoms with Gasteiger partial charge in [-0.25, -0.2) is 0 Å².